The van der Waals surface area contributed by atoms with Gasteiger partial charge in [-0.2, -0.15) is 5.10 Å². The Hall–Kier alpha value is -2.66. The maximum absolute atomic E-state index is 6.25. The highest BCUT2D eigenvalue weighted by Crippen LogP contribution is 2.21. The molecule has 1 heterocycles. The number of nitrogens with one attached hydrogen (secondary N) is 1. The maximum atomic E-state index is 6.25. The molecular weight excluding hydrogens is 430 g/mol. The summed E-state index contributed by atoms with van der Waals surface area (Å²) in [7, 11) is 0. The van der Waals surface area contributed by atoms with Crippen molar-refractivity contribution in [2.45, 2.75) is 65.2 Å². The molecule has 0 atom stereocenters. The molecule has 3 rings (SSSR count). The van der Waals surface area contributed by atoms with E-state index in [2.05, 4.69) is 63.5 Å². The van der Waals surface area contributed by atoms with E-state index < -0.39 is 0 Å². The predicted octanol–water partition coefficient (Wildman–Crippen LogP) is 7.70. The van der Waals surface area contributed by atoms with E-state index in [9.17, 15) is 0 Å². The molecule has 0 bridgehead atoms. The summed E-state index contributed by atoms with van der Waals surface area (Å²) in [4.78, 5) is 11.4. The Morgan fingerprint density at radius 3 is 2.03 bits per heavy atom. The second-order valence-electron chi connectivity index (χ2n) is 8.42. The largest absolute Gasteiger partial charge is 0.372 e. The van der Waals surface area contributed by atoms with E-state index in [0.717, 1.165) is 29.7 Å². The molecule has 33 heavy (non-hydrogen) atoms. The van der Waals surface area contributed by atoms with Gasteiger partial charge in [-0.05, 0) is 42.7 Å². The molecule has 0 aliphatic rings. The van der Waals surface area contributed by atoms with E-state index in [-0.39, 0.29) is 0 Å². The van der Waals surface area contributed by atoms with Crippen LogP contribution in [-0.2, 0) is 0 Å². The Bertz CT molecular complexity index is 991. The van der Waals surface area contributed by atoms with E-state index in [1.165, 1.54) is 57.1 Å². The van der Waals surface area contributed by atoms with Gasteiger partial charge in [-0.1, -0.05) is 88.2 Å². The van der Waals surface area contributed by atoms with E-state index in [0.29, 0.717) is 11.0 Å². The summed E-state index contributed by atoms with van der Waals surface area (Å²) in [5, 5.41) is 4.63. The number of halogens is 1. The monoisotopic (exact) mass is 465 g/mol. The number of benzene rings is 2. The van der Waals surface area contributed by atoms with Crippen LogP contribution >= 0.6 is 11.6 Å². The molecule has 5 nitrogen and oxygen atoms in total. The van der Waals surface area contributed by atoms with E-state index in [1.54, 1.807) is 6.21 Å². The van der Waals surface area contributed by atoms with Gasteiger partial charge in [0.1, 0.15) is 0 Å². The minimum atomic E-state index is 0.308. The molecule has 0 aliphatic heterocycles. The van der Waals surface area contributed by atoms with Gasteiger partial charge >= 0.3 is 0 Å². The van der Waals surface area contributed by atoms with Gasteiger partial charge in [0.2, 0.25) is 0 Å². The second-order valence-corrected chi connectivity index (χ2v) is 8.78. The Morgan fingerprint density at radius 1 is 0.818 bits per heavy atom. The first-order chi connectivity index (χ1) is 16.2. The molecule has 0 spiro atoms. The quantitative estimate of drug-likeness (QED) is 0.150. The third-order valence-corrected chi connectivity index (χ3v) is 6.00. The molecule has 0 saturated heterocycles. The van der Waals surface area contributed by atoms with E-state index in [1.807, 2.05) is 24.3 Å². The Kier molecular flexibility index (Phi) is 10.4. The van der Waals surface area contributed by atoms with E-state index >= 15 is 0 Å². The van der Waals surface area contributed by atoms with Crippen LogP contribution in [-0.4, -0.2) is 29.3 Å². The van der Waals surface area contributed by atoms with Gasteiger partial charge < -0.3 is 4.90 Å². The number of nitrogens with zero attached hydrogens (tertiary/aromatic N) is 4. The van der Waals surface area contributed by atoms with Gasteiger partial charge in [-0.15, -0.1) is 0 Å². The number of fused-ring (bicyclic) bond motifs is 1. The number of hydrogen-bond donors (Lipinski definition) is 1. The van der Waals surface area contributed by atoms with Crippen LogP contribution in [0.15, 0.2) is 53.6 Å². The Morgan fingerprint density at radius 2 is 1.42 bits per heavy atom. The van der Waals surface area contributed by atoms with Crippen LogP contribution in [0, 0.1) is 0 Å². The summed E-state index contributed by atoms with van der Waals surface area (Å²) in [5.41, 5.74) is 6.78. The molecule has 3 aromatic rings. The Labute approximate surface area is 203 Å². The van der Waals surface area contributed by atoms with Crippen molar-refractivity contribution in [3.8, 4) is 0 Å². The third kappa shape index (κ3) is 8.01. The van der Waals surface area contributed by atoms with Gasteiger partial charge in [0.05, 0.1) is 17.2 Å². The average Bonchev–Trinajstić information content (AvgIpc) is 2.84. The van der Waals surface area contributed by atoms with Gasteiger partial charge in [0.25, 0.3) is 0 Å². The lowest BCUT2D eigenvalue weighted by Gasteiger charge is -2.25. The van der Waals surface area contributed by atoms with Crippen LogP contribution in [0.25, 0.3) is 11.0 Å². The third-order valence-electron chi connectivity index (χ3n) is 5.73. The zero-order valence-electron chi connectivity index (χ0n) is 19.9. The lowest BCUT2D eigenvalue weighted by atomic mass is 10.1. The Balaban J connectivity index is 1.60. The molecule has 0 aliphatic carbocycles. The average molecular weight is 466 g/mol. The second kappa shape index (κ2) is 13.8. The van der Waals surface area contributed by atoms with Crippen molar-refractivity contribution in [3.05, 3.63) is 59.2 Å². The standard InChI is InChI=1S/C27H36ClN5/c1-3-5-7-11-19-33(20-12-8-6-4-2)23-17-15-22(16-18-23)21-29-32-27-26(28)30-24-13-9-10-14-25(24)31-27/h9-10,13-18,21H,3-8,11-12,19-20H2,1-2H3,(H,31,32)/b29-21+. The fourth-order valence-electron chi connectivity index (χ4n) is 3.82. The summed E-state index contributed by atoms with van der Waals surface area (Å²) in [5.74, 6) is 0.452. The van der Waals surface area contributed by atoms with E-state index in [4.69, 9.17) is 11.6 Å². The number of hydrogen-bond acceptors (Lipinski definition) is 5. The van der Waals surface area contributed by atoms with Crippen LogP contribution < -0.4 is 10.3 Å². The number of unbranched alkanes of at least 4 members (excludes halogenated alkanes) is 6. The number of hydrazone groups is 1. The molecule has 6 heteroatoms. The smallest absolute Gasteiger partial charge is 0.185 e. The van der Waals surface area contributed by atoms with Crippen molar-refractivity contribution in [1.82, 2.24) is 9.97 Å². The van der Waals surface area contributed by atoms with Gasteiger partial charge in [-0.25, -0.2) is 9.97 Å². The minimum absolute atomic E-state index is 0.308. The highest BCUT2D eigenvalue weighted by Gasteiger charge is 2.07. The number of para-hydroxylation sites is 2. The van der Waals surface area contributed by atoms with Gasteiger partial charge in [-0.3, -0.25) is 5.43 Å². The zero-order valence-corrected chi connectivity index (χ0v) is 20.7. The van der Waals surface area contributed by atoms with Gasteiger partial charge in [0, 0.05) is 18.8 Å². The van der Waals surface area contributed by atoms with Crippen molar-refractivity contribution >= 4 is 40.4 Å². The lowest BCUT2D eigenvalue weighted by molar-refractivity contribution is 0.609. The van der Waals surface area contributed by atoms with Crippen molar-refractivity contribution in [3.63, 3.8) is 0 Å². The van der Waals surface area contributed by atoms with Crippen LogP contribution in [0.4, 0.5) is 11.5 Å². The predicted molar refractivity (Wildman–Crippen MR) is 143 cm³/mol. The molecule has 2 aromatic carbocycles. The first-order valence-electron chi connectivity index (χ1n) is 12.3. The maximum Gasteiger partial charge on any atom is 0.185 e. The molecule has 0 radical (unpaired) electrons. The summed E-state index contributed by atoms with van der Waals surface area (Å²) >= 11 is 6.25. The summed E-state index contributed by atoms with van der Waals surface area (Å²) in [6.45, 7) is 6.77. The molecule has 0 saturated carbocycles. The zero-order chi connectivity index (χ0) is 23.3. The normalized spacial score (nSPS) is 11.4. The highest BCUT2D eigenvalue weighted by atomic mass is 35.5. The number of aromatic nitrogens is 2. The van der Waals surface area contributed by atoms with Crippen molar-refractivity contribution < 1.29 is 0 Å². The van der Waals surface area contributed by atoms with Crippen molar-refractivity contribution in [1.29, 1.82) is 0 Å². The highest BCUT2D eigenvalue weighted by molar-refractivity contribution is 6.32. The summed E-state index contributed by atoms with van der Waals surface area (Å²) in [6, 6.07) is 16.3. The van der Waals surface area contributed by atoms with Crippen molar-refractivity contribution in [2.75, 3.05) is 23.4 Å². The van der Waals surface area contributed by atoms with Gasteiger partial charge in [0.15, 0.2) is 11.0 Å². The fraction of sp³-hybridized carbons (Fsp3) is 0.444. The lowest BCUT2D eigenvalue weighted by Crippen LogP contribution is -2.25. The van der Waals surface area contributed by atoms with Crippen LogP contribution in [0.2, 0.25) is 5.15 Å². The SMILES string of the molecule is CCCCCCN(CCCCCC)c1ccc(/C=N/Nc2nc3ccccc3nc2Cl)cc1. The summed E-state index contributed by atoms with van der Waals surface area (Å²) < 4.78 is 0. The number of rotatable bonds is 14. The summed E-state index contributed by atoms with van der Waals surface area (Å²) in [6.07, 6.45) is 12.1. The molecule has 176 valence electrons. The first-order valence-corrected chi connectivity index (χ1v) is 12.7. The minimum Gasteiger partial charge on any atom is -0.372 e. The molecule has 1 N–H and O–H groups in total. The van der Waals surface area contributed by atoms with Crippen LogP contribution in [0.3, 0.4) is 0 Å². The molecule has 0 fully saturated rings. The topological polar surface area (TPSA) is 53.4 Å². The van der Waals surface area contributed by atoms with Crippen LogP contribution in [0.5, 0.6) is 0 Å². The fourth-order valence-corrected chi connectivity index (χ4v) is 3.99. The number of anilines is 2. The molecule has 0 unspecified atom stereocenters. The van der Waals surface area contributed by atoms with Crippen molar-refractivity contribution in [2.24, 2.45) is 5.10 Å². The van der Waals surface area contributed by atoms with Crippen LogP contribution in [0.1, 0.15) is 70.8 Å². The molecule has 1 aromatic heterocycles. The molecule has 0 amide bonds. The molecular formula is C27H36ClN5. The first kappa shape index (κ1) is 25.0.